The number of phosphoric ester groups is 1. The molecule has 0 radical (unpaired) electrons. The minimum atomic E-state index is -4.62. The molecular weight excluding hydrogens is 441 g/mol. The number of amides is 1. The molecule has 0 saturated carbocycles. The van der Waals surface area contributed by atoms with Crippen molar-refractivity contribution in [2.75, 3.05) is 13.2 Å². The number of phosphoric acid groups is 1. The molecule has 7 nitrogen and oxygen atoms in total. The minimum absolute atomic E-state index is 0.170. The van der Waals surface area contributed by atoms with Crippen LogP contribution in [0.25, 0.3) is 0 Å². The molecule has 0 saturated heterocycles. The van der Waals surface area contributed by atoms with Crippen molar-refractivity contribution in [2.24, 2.45) is 0 Å². The van der Waals surface area contributed by atoms with Crippen LogP contribution in [0.5, 0.6) is 0 Å². The number of allylic oxidation sites excluding steroid dienone is 7. The summed E-state index contributed by atoms with van der Waals surface area (Å²) < 4.78 is 14.7. The molecule has 0 heterocycles. The lowest BCUT2D eigenvalue weighted by atomic mass is 10.1. The van der Waals surface area contributed by atoms with E-state index in [9.17, 15) is 14.5 Å². The highest BCUT2D eigenvalue weighted by Crippen LogP contribution is 2.35. The first-order valence-electron chi connectivity index (χ1n) is 12.2. The van der Waals surface area contributed by atoms with Crippen molar-refractivity contribution < 1.29 is 28.8 Å². The van der Waals surface area contributed by atoms with Crippen LogP contribution in [0.2, 0.25) is 0 Å². The first-order chi connectivity index (χ1) is 15.8. The fourth-order valence-corrected chi connectivity index (χ4v) is 3.39. The average molecular weight is 486 g/mol. The van der Waals surface area contributed by atoms with Crippen LogP contribution in [0.4, 0.5) is 0 Å². The number of carbonyl (C=O) groups excluding carboxylic acids is 1. The van der Waals surface area contributed by atoms with Gasteiger partial charge in [0.25, 0.3) is 0 Å². The quantitative estimate of drug-likeness (QED) is 0.0738. The molecule has 0 aliphatic heterocycles. The Kier molecular flexibility index (Phi) is 21.3. The van der Waals surface area contributed by atoms with Crippen LogP contribution in [0.1, 0.15) is 84.0 Å². The van der Waals surface area contributed by atoms with Gasteiger partial charge in [-0.1, -0.05) is 114 Å². The largest absolute Gasteiger partial charge is 0.469 e. The van der Waals surface area contributed by atoms with E-state index in [0.29, 0.717) is 0 Å². The fraction of sp³-hybridized carbons (Fsp3) is 0.640. The Labute approximate surface area is 199 Å². The van der Waals surface area contributed by atoms with E-state index in [1.165, 1.54) is 76.7 Å². The molecule has 8 heteroatoms. The molecule has 0 aromatic heterocycles. The van der Waals surface area contributed by atoms with Gasteiger partial charge in [0.2, 0.25) is 5.91 Å². The maximum atomic E-state index is 11.6. The van der Waals surface area contributed by atoms with Crippen molar-refractivity contribution in [3.8, 4) is 0 Å². The van der Waals surface area contributed by atoms with Gasteiger partial charge in [0.1, 0.15) is 0 Å². The van der Waals surface area contributed by atoms with Crippen molar-refractivity contribution >= 4 is 13.7 Å². The molecule has 0 aromatic carbocycles. The summed E-state index contributed by atoms with van der Waals surface area (Å²) in [6, 6.07) is 0. The number of unbranched alkanes of at least 4 members (excludes halogenated alkanes) is 11. The van der Waals surface area contributed by atoms with Gasteiger partial charge >= 0.3 is 7.82 Å². The van der Waals surface area contributed by atoms with Crippen molar-refractivity contribution in [2.45, 2.75) is 90.1 Å². The molecule has 190 valence electrons. The summed E-state index contributed by atoms with van der Waals surface area (Å²) in [7, 11) is -4.62. The van der Waals surface area contributed by atoms with Crippen molar-refractivity contribution in [1.29, 1.82) is 0 Å². The van der Waals surface area contributed by atoms with Gasteiger partial charge in [-0.25, -0.2) is 4.57 Å². The van der Waals surface area contributed by atoms with E-state index in [1.54, 1.807) is 18.2 Å². The van der Waals surface area contributed by atoms with Crippen molar-refractivity contribution in [3.63, 3.8) is 0 Å². The monoisotopic (exact) mass is 485 g/mol. The summed E-state index contributed by atoms with van der Waals surface area (Å²) in [5, 5.41) is 11.9. The summed E-state index contributed by atoms with van der Waals surface area (Å²) in [4.78, 5) is 28.6. The van der Waals surface area contributed by atoms with Gasteiger partial charge in [0.05, 0.1) is 12.7 Å². The second-order valence-corrected chi connectivity index (χ2v) is 9.31. The number of rotatable bonds is 21. The predicted octanol–water partition coefficient (Wildman–Crippen LogP) is 5.50. The summed E-state index contributed by atoms with van der Waals surface area (Å²) >= 11 is 0. The van der Waals surface area contributed by atoms with Crippen molar-refractivity contribution in [3.05, 3.63) is 48.6 Å². The third kappa shape index (κ3) is 26.6. The van der Waals surface area contributed by atoms with Crippen LogP contribution in [-0.4, -0.2) is 40.1 Å². The second kappa shape index (κ2) is 22.3. The first kappa shape index (κ1) is 31.5. The Morgan fingerprint density at radius 1 is 0.848 bits per heavy atom. The third-order valence-corrected chi connectivity index (χ3v) is 5.35. The topological polar surface area (TPSA) is 116 Å². The standard InChI is InChI=1S/C25H44NO6P/c1-2-3-4-5-6-7-8-9-10-11-12-13-14-15-16-17-18-19-20-21-25(28)26-22-24(27)23-32-33(29,30)31/h14-21,24,27H,2-13,22-23H2,1H3,(H,26,28)(H2,29,30,31). The molecule has 1 unspecified atom stereocenters. The van der Waals surface area contributed by atoms with Gasteiger partial charge < -0.3 is 20.2 Å². The third-order valence-electron chi connectivity index (χ3n) is 4.86. The zero-order valence-corrected chi connectivity index (χ0v) is 21.0. The van der Waals surface area contributed by atoms with Gasteiger partial charge in [-0.3, -0.25) is 9.32 Å². The summed E-state index contributed by atoms with van der Waals surface area (Å²) in [5.74, 6) is -0.425. The smallest absolute Gasteiger partial charge is 0.389 e. The van der Waals surface area contributed by atoms with E-state index in [1.807, 2.05) is 18.2 Å². The maximum Gasteiger partial charge on any atom is 0.469 e. The molecule has 0 spiro atoms. The van der Waals surface area contributed by atoms with E-state index in [0.717, 1.165) is 6.42 Å². The lowest BCUT2D eigenvalue weighted by Crippen LogP contribution is -2.33. The number of aliphatic hydroxyl groups excluding tert-OH is 1. The Balaban J connectivity index is 3.63. The SMILES string of the molecule is CCCCCCCCCCCCCC=CC=CC=CC=CC(=O)NCC(O)COP(=O)(O)O. The second-order valence-electron chi connectivity index (χ2n) is 8.07. The number of hydrogen-bond donors (Lipinski definition) is 4. The minimum Gasteiger partial charge on any atom is -0.389 e. The summed E-state index contributed by atoms with van der Waals surface area (Å²) in [6.45, 7) is 1.52. The zero-order chi connectivity index (χ0) is 24.6. The molecule has 0 fully saturated rings. The molecule has 33 heavy (non-hydrogen) atoms. The van der Waals surface area contributed by atoms with Gasteiger partial charge in [-0.2, -0.15) is 0 Å². The lowest BCUT2D eigenvalue weighted by molar-refractivity contribution is -0.117. The predicted molar refractivity (Wildman–Crippen MR) is 135 cm³/mol. The maximum absolute atomic E-state index is 11.6. The van der Waals surface area contributed by atoms with Crippen LogP contribution in [0.3, 0.4) is 0 Å². The number of hydrogen-bond acceptors (Lipinski definition) is 4. The molecule has 0 aliphatic carbocycles. The summed E-state index contributed by atoms with van der Waals surface area (Å²) in [6.07, 6.45) is 29.2. The van der Waals surface area contributed by atoms with E-state index in [2.05, 4.69) is 22.8 Å². The highest BCUT2D eigenvalue weighted by atomic mass is 31.2. The fourth-order valence-electron chi connectivity index (χ4n) is 3.02. The molecule has 0 aliphatic rings. The van der Waals surface area contributed by atoms with Crippen LogP contribution in [-0.2, 0) is 13.9 Å². The number of aliphatic hydroxyl groups is 1. The molecule has 0 bridgehead atoms. The number of nitrogens with one attached hydrogen (secondary N) is 1. The van der Waals surface area contributed by atoms with Gasteiger partial charge in [-0.15, -0.1) is 0 Å². The Bertz CT molecular complexity index is 639. The number of carbonyl (C=O) groups is 1. The zero-order valence-electron chi connectivity index (χ0n) is 20.1. The van der Waals surface area contributed by atoms with Crippen LogP contribution in [0.15, 0.2) is 48.6 Å². The Morgan fingerprint density at radius 2 is 1.36 bits per heavy atom. The molecular formula is C25H44NO6P. The van der Waals surface area contributed by atoms with E-state index >= 15 is 0 Å². The summed E-state index contributed by atoms with van der Waals surface area (Å²) in [5.41, 5.74) is 0. The van der Waals surface area contributed by atoms with Crippen molar-refractivity contribution in [1.82, 2.24) is 5.32 Å². The highest BCUT2D eigenvalue weighted by Gasteiger charge is 2.16. The van der Waals surface area contributed by atoms with Crippen LogP contribution in [0, 0.1) is 0 Å². The first-order valence-corrected chi connectivity index (χ1v) is 13.7. The Hall–Kier alpha value is -1.50. The van der Waals surface area contributed by atoms with E-state index in [-0.39, 0.29) is 6.54 Å². The normalized spacial score (nSPS) is 13.7. The van der Waals surface area contributed by atoms with E-state index in [4.69, 9.17) is 9.79 Å². The lowest BCUT2D eigenvalue weighted by Gasteiger charge is -2.11. The van der Waals surface area contributed by atoms with Gasteiger partial charge in [0.15, 0.2) is 0 Å². The molecule has 0 rings (SSSR count). The average Bonchev–Trinajstić information content (AvgIpc) is 2.77. The van der Waals surface area contributed by atoms with Crippen LogP contribution < -0.4 is 5.32 Å². The van der Waals surface area contributed by atoms with Gasteiger partial charge in [-0.05, 0) is 12.8 Å². The molecule has 1 atom stereocenters. The highest BCUT2D eigenvalue weighted by molar-refractivity contribution is 7.46. The molecule has 4 N–H and O–H groups in total. The van der Waals surface area contributed by atoms with Crippen LogP contribution >= 0.6 is 7.82 Å². The Morgan fingerprint density at radius 3 is 1.94 bits per heavy atom. The van der Waals surface area contributed by atoms with E-state index < -0.39 is 26.4 Å². The van der Waals surface area contributed by atoms with Gasteiger partial charge in [0, 0.05) is 12.6 Å². The molecule has 0 aromatic rings. The molecule has 1 amide bonds.